The molecular weight excluding hydrogens is 219 g/mol. The summed E-state index contributed by atoms with van der Waals surface area (Å²) >= 11 is 2.49. The van der Waals surface area contributed by atoms with Crippen LogP contribution in [0.25, 0.3) is 0 Å². The average molecular weight is 231 g/mol. The molecule has 1 aromatic rings. The summed E-state index contributed by atoms with van der Waals surface area (Å²) in [6.45, 7) is 0.742. The Balaban J connectivity index is 2.53. The van der Waals surface area contributed by atoms with Gasteiger partial charge in [0.25, 0.3) is 0 Å². The van der Waals surface area contributed by atoms with E-state index >= 15 is 0 Å². The standard InChI is InChI=1S/C9H12O2Se/c1-10-8-2-4-9(5-3-8)11-6-7-12/h2-5,12H,6-7H2,1H3. The van der Waals surface area contributed by atoms with Crippen LogP contribution in [-0.2, 0) is 0 Å². The van der Waals surface area contributed by atoms with E-state index < -0.39 is 0 Å². The molecule has 0 spiro atoms. The zero-order valence-corrected chi connectivity index (χ0v) is 8.86. The second-order valence-corrected chi connectivity index (χ2v) is 3.19. The van der Waals surface area contributed by atoms with E-state index in [0.717, 1.165) is 23.4 Å². The summed E-state index contributed by atoms with van der Waals surface area (Å²) in [4.78, 5) is 0. The normalized spacial score (nSPS) is 9.50. The van der Waals surface area contributed by atoms with Crippen LogP contribution in [-0.4, -0.2) is 29.7 Å². The molecule has 0 N–H and O–H groups in total. The van der Waals surface area contributed by atoms with Gasteiger partial charge in [0.15, 0.2) is 0 Å². The van der Waals surface area contributed by atoms with Crippen LogP contribution in [0.5, 0.6) is 11.5 Å². The molecule has 0 radical (unpaired) electrons. The van der Waals surface area contributed by atoms with Gasteiger partial charge in [-0.1, -0.05) is 0 Å². The van der Waals surface area contributed by atoms with Crippen LogP contribution in [0, 0.1) is 0 Å². The number of hydrogen-bond acceptors (Lipinski definition) is 2. The van der Waals surface area contributed by atoms with E-state index in [2.05, 4.69) is 16.0 Å². The van der Waals surface area contributed by atoms with Crippen LogP contribution in [0.3, 0.4) is 0 Å². The van der Waals surface area contributed by atoms with Crippen LogP contribution in [0.2, 0.25) is 5.32 Å². The van der Waals surface area contributed by atoms with Crippen molar-refractivity contribution in [1.29, 1.82) is 0 Å². The molecule has 1 rings (SSSR count). The van der Waals surface area contributed by atoms with E-state index in [9.17, 15) is 0 Å². The van der Waals surface area contributed by atoms with Crippen LogP contribution in [0.1, 0.15) is 0 Å². The van der Waals surface area contributed by atoms with E-state index in [1.165, 1.54) is 0 Å². The third-order valence-corrected chi connectivity index (χ3v) is 1.80. The Hall–Kier alpha value is -0.661. The van der Waals surface area contributed by atoms with Gasteiger partial charge in [0.1, 0.15) is 0 Å². The van der Waals surface area contributed by atoms with Gasteiger partial charge in [-0.05, 0) is 0 Å². The quantitative estimate of drug-likeness (QED) is 0.729. The van der Waals surface area contributed by atoms with Crippen molar-refractivity contribution in [3.8, 4) is 11.5 Å². The minimum atomic E-state index is 0.742. The van der Waals surface area contributed by atoms with Crippen molar-refractivity contribution in [1.82, 2.24) is 0 Å². The van der Waals surface area contributed by atoms with Gasteiger partial charge in [-0.3, -0.25) is 0 Å². The molecule has 66 valence electrons. The molecule has 0 bridgehead atoms. The fourth-order valence-corrected chi connectivity index (χ4v) is 1.03. The Morgan fingerprint density at radius 2 is 1.75 bits per heavy atom. The monoisotopic (exact) mass is 232 g/mol. The van der Waals surface area contributed by atoms with E-state index in [4.69, 9.17) is 9.47 Å². The molecule has 0 heterocycles. The summed E-state index contributed by atoms with van der Waals surface area (Å²) in [6.07, 6.45) is 0. The molecule has 0 aliphatic rings. The molecule has 12 heavy (non-hydrogen) atoms. The van der Waals surface area contributed by atoms with Crippen molar-refractivity contribution < 1.29 is 9.47 Å². The first-order valence-corrected chi connectivity index (χ1v) is 5.07. The Kier molecular flexibility index (Phi) is 3.98. The molecule has 1 aromatic carbocycles. The summed E-state index contributed by atoms with van der Waals surface area (Å²) in [5.41, 5.74) is 0. The van der Waals surface area contributed by atoms with Crippen molar-refractivity contribution in [2.24, 2.45) is 0 Å². The van der Waals surface area contributed by atoms with Crippen LogP contribution in [0.15, 0.2) is 24.3 Å². The third kappa shape index (κ3) is 2.76. The summed E-state index contributed by atoms with van der Waals surface area (Å²) in [5.74, 6) is 1.75. The molecule has 3 heteroatoms. The summed E-state index contributed by atoms with van der Waals surface area (Å²) in [5, 5.41) is 0.971. The molecule has 0 aliphatic heterocycles. The minimum absolute atomic E-state index is 0.742. The van der Waals surface area contributed by atoms with Crippen molar-refractivity contribution in [3.63, 3.8) is 0 Å². The number of rotatable bonds is 4. The maximum atomic E-state index is 5.38. The van der Waals surface area contributed by atoms with Gasteiger partial charge < -0.3 is 0 Å². The van der Waals surface area contributed by atoms with Crippen LogP contribution < -0.4 is 9.47 Å². The van der Waals surface area contributed by atoms with E-state index in [1.54, 1.807) is 7.11 Å². The summed E-state index contributed by atoms with van der Waals surface area (Å²) in [6, 6.07) is 7.59. The maximum absolute atomic E-state index is 5.38. The number of methoxy groups -OCH3 is 1. The summed E-state index contributed by atoms with van der Waals surface area (Å²) in [7, 11) is 1.65. The first-order chi connectivity index (χ1) is 5.86. The Morgan fingerprint density at radius 1 is 1.17 bits per heavy atom. The zero-order valence-electron chi connectivity index (χ0n) is 6.99. The van der Waals surface area contributed by atoms with Crippen molar-refractivity contribution in [2.75, 3.05) is 13.7 Å². The van der Waals surface area contributed by atoms with Crippen molar-refractivity contribution in [3.05, 3.63) is 24.3 Å². The van der Waals surface area contributed by atoms with E-state index in [0.29, 0.717) is 0 Å². The van der Waals surface area contributed by atoms with Gasteiger partial charge in [-0.25, -0.2) is 0 Å². The fourth-order valence-electron chi connectivity index (χ4n) is 0.835. The van der Waals surface area contributed by atoms with Gasteiger partial charge in [-0.2, -0.15) is 0 Å². The van der Waals surface area contributed by atoms with Gasteiger partial charge in [0.05, 0.1) is 0 Å². The average Bonchev–Trinajstić information content (AvgIpc) is 2.15. The Morgan fingerprint density at radius 3 is 2.25 bits per heavy atom. The Bertz CT molecular complexity index is 220. The van der Waals surface area contributed by atoms with Crippen LogP contribution >= 0.6 is 0 Å². The predicted octanol–water partition coefficient (Wildman–Crippen LogP) is 1.39. The van der Waals surface area contributed by atoms with E-state index in [-0.39, 0.29) is 0 Å². The summed E-state index contributed by atoms with van der Waals surface area (Å²) < 4.78 is 10.4. The molecular formula is C9H12O2Se. The topological polar surface area (TPSA) is 18.5 Å². The second kappa shape index (κ2) is 5.07. The molecule has 0 saturated heterocycles. The number of ether oxygens (including phenoxy) is 2. The van der Waals surface area contributed by atoms with E-state index in [1.807, 2.05) is 24.3 Å². The molecule has 0 saturated carbocycles. The molecule has 0 fully saturated rings. The second-order valence-electron chi connectivity index (χ2n) is 2.25. The van der Waals surface area contributed by atoms with Crippen molar-refractivity contribution >= 4 is 16.0 Å². The molecule has 0 atom stereocenters. The number of hydrogen-bond donors (Lipinski definition) is 0. The van der Waals surface area contributed by atoms with Gasteiger partial charge in [0.2, 0.25) is 0 Å². The number of benzene rings is 1. The molecule has 0 unspecified atom stereocenters. The SMILES string of the molecule is COc1ccc(OCC[SeH])cc1. The fraction of sp³-hybridized carbons (Fsp3) is 0.333. The first-order valence-electron chi connectivity index (χ1n) is 3.74. The van der Waals surface area contributed by atoms with Crippen LogP contribution in [0.4, 0.5) is 0 Å². The Labute approximate surface area is 80.7 Å². The zero-order chi connectivity index (χ0) is 8.81. The molecule has 0 amide bonds. The predicted molar refractivity (Wildman–Crippen MR) is 50.4 cm³/mol. The molecule has 0 aliphatic carbocycles. The van der Waals surface area contributed by atoms with Gasteiger partial charge in [0, 0.05) is 0 Å². The third-order valence-electron chi connectivity index (χ3n) is 1.42. The molecule has 2 nitrogen and oxygen atoms in total. The van der Waals surface area contributed by atoms with Gasteiger partial charge >= 0.3 is 80.3 Å². The first kappa shape index (κ1) is 9.43. The van der Waals surface area contributed by atoms with Gasteiger partial charge in [-0.15, -0.1) is 0 Å². The van der Waals surface area contributed by atoms with Crippen molar-refractivity contribution in [2.45, 2.75) is 5.32 Å². The molecule has 0 aromatic heterocycles.